The van der Waals surface area contributed by atoms with E-state index < -0.39 is 0 Å². The summed E-state index contributed by atoms with van der Waals surface area (Å²) in [6.07, 6.45) is 0.781. The Hall–Kier alpha value is -1.22. The summed E-state index contributed by atoms with van der Waals surface area (Å²) < 4.78 is 0. The molecule has 0 fully saturated rings. The number of alkyl halides is 1. The molecule has 1 aromatic rings. The van der Waals surface area contributed by atoms with E-state index in [1.807, 2.05) is 50.2 Å². The summed E-state index contributed by atoms with van der Waals surface area (Å²) in [5, 5.41) is 2.91. The van der Waals surface area contributed by atoms with Gasteiger partial charge in [0.25, 0.3) is 5.91 Å². The lowest BCUT2D eigenvalue weighted by Gasteiger charge is -2.14. The van der Waals surface area contributed by atoms with E-state index in [0.29, 0.717) is 11.4 Å². The molecule has 3 nitrogen and oxygen atoms in total. The normalized spacial score (nSPS) is 12.0. The van der Waals surface area contributed by atoms with Crippen LogP contribution in [0.2, 0.25) is 0 Å². The Morgan fingerprint density at radius 3 is 2.41 bits per heavy atom. The van der Waals surface area contributed by atoms with E-state index in [1.54, 1.807) is 0 Å². The van der Waals surface area contributed by atoms with Gasteiger partial charge in [-0.2, -0.15) is 0 Å². The second-order valence-electron chi connectivity index (χ2n) is 4.29. The quantitative estimate of drug-likeness (QED) is 0.819. The predicted octanol–water partition coefficient (Wildman–Crippen LogP) is 2.50. The summed E-state index contributed by atoms with van der Waals surface area (Å²) in [6.45, 7) is 1.95. The molecular formula is C13H19ClN2O. The third-order valence-electron chi connectivity index (χ3n) is 2.57. The average molecular weight is 255 g/mol. The minimum Gasteiger partial charge on any atom is -0.378 e. The van der Waals surface area contributed by atoms with Gasteiger partial charge in [0.15, 0.2) is 0 Å². The summed E-state index contributed by atoms with van der Waals surface area (Å²) in [6, 6.07) is 7.63. The molecule has 1 rings (SSSR count). The van der Waals surface area contributed by atoms with E-state index >= 15 is 0 Å². The van der Waals surface area contributed by atoms with Gasteiger partial charge in [0, 0.05) is 37.3 Å². The van der Waals surface area contributed by atoms with Crippen LogP contribution in [0.1, 0.15) is 23.7 Å². The Kier molecular flexibility index (Phi) is 5.29. The van der Waals surface area contributed by atoms with Crippen molar-refractivity contribution in [3.05, 3.63) is 29.8 Å². The molecule has 0 saturated heterocycles. The smallest absolute Gasteiger partial charge is 0.251 e. The lowest BCUT2D eigenvalue weighted by molar-refractivity contribution is 0.0939. The van der Waals surface area contributed by atoms with Crippen molar-refractivity contribution in [2.24, 2.45) is 0 Å². The third kappa shape index (κ3) is 4.27. The Balaban J connectivity index is 2.63. The number of benzene rings is 1. The molecular weight excluding hydrogens is 236 g/mol. The Bertz CT molecular complexity index is 362. The lowest BCUT2D eigenvalue weighted by atomic mass is 10.1. The molecule has 0 bridgehead atoms. The summed E-state index contributed by atoms with van der Waals surface area (Å²) >= 11 is 5.62. The van der Waals surface area contributed by atoms with Gasteiger partial charge in [-0.1, -0.05) is 0 Å². The van der Waals surface area contributed by atoms with E-state index in [1.165, 1.54) is 0 Å². The van der Waals surface area contributed by atoms with Crippen molar-refractivity contribution in [3.63, 3.8) is 0 Å². The van der Waals surface area contributed by atoms with Crippen molar-refractivity contribution in [1.82, 2.24) is 5.32 Å². The molecule has 0 aliphatic heterocycles. The SMILES string of the molecule is CC(CCCl)NC(=O)c1ccc(N(C)C)cc1. The molecule has 1 amide bonds. The van der Waals surface area contributed by atoms with Crippen LogP contribution in [0.15, 0.2) is 24.3 Å². The number of nitrogens with zero attached hydrogens (tertiary/aromatic N) is 1. The molecule has 1 unspecified atom stereocenters. The van der Waals surface area contributed by atoms with E-state index in [2.05, 4.69) is 5.32 Å². The highest BCUT2D eigenvalue weighted by molar-refractivity contribution is 6.17. The fraction of sp³-hybridized carbons (Fsp3) is 0.462. The zero-order chi connectivity index (χ0) is 12.8. The minimum absolute atomic E-state index is 0.0482. The first-order valence-electron chi connectivity index (χ1n) is 5.69. The minimum atomic E-state index is -0.0482. The van der Waals surface area contributed by atoms with Gasteiger partial charge in [0.05, 0.1) is 0 Å². The van der Waals surface area contributed by atoms with Crippen LogP contribution in [0.5, 0.6) is 0 Å². The van der Waals surface area contributed by atoms with Gasteiger partial charge in [-0.3, -0.25) is 4.79 Å². The van der Waals surface area contributed by atoms with Crippen molar-refractivity contribution >= 4 is 23.2 Å². The van der Waals surface area contributed by atoms with Gasteiger partial charge in [0.2, 0.25) is 0 Å². The first kappa shape index (κ1) is 13.8. The zero-order valence-electron chi connectivity index (χ0n) is 10.5. The highest BCUT2D eigenvalue weighted by Gasteiger charge is 2.09. The third-order valence-corrected chi connectivity index (χ3v) is 2.78. The van der Waals surface area contributed by atoms with E-state index in [0.717, 1.165) is 12.1 Å². The number of carbonyl (C=O) groups is 1. The van der Waals surface area contributed by atoms with Crippen LogP contribution < -0.4 is 10.2 Å². The van der Waals surface area contributed by atoms with Crippen LogP contribution in [0.25, 0.3) is 0 Å². The number of hydrogen-bond acceptors (Lipinski definition) is 2. The van der Waals surface area contributed by atoms with Gasteiger partial charge in [0.1, 0.15) is 0 Å². The molecule has 0 aromatic heterocycles. The molecule has 4 heteroatoms. The van der Waals surface area contributed by atoms with Crippen LogP contribution in [0, 0.1) is 0 Å². The monoisotopic (exact) mass is 254 g/mol. The molecule has 0 aliphatic rings. The molecule has 0 radical (unpaired) electrons. The standard InChI is InChI=1S/C13H19ClN2O/c1-10(8-9-14)15-13(17)11-4-6-12(7-5-11)16(2)3/h4-7,10H,8-9H2,1-3H3,(H,15,17). The highest BCUT2D eigenvalue weighted by atomic mass is 35.5. The second-order valence-corrected chi connectivity index (χ2v) is 4.67. The molecule has 0 spiro atoms. The molecule has 1 N–H and O–H groups in total. The first-order chi connectivity index (χ1) is 8.04. The fourth-order valence-corrected chi connectivity index (χ4v) is 1.78. The number of anilines is 1. The highest BCUT2D eigenvalue weighted by Crippen LogP contribution is 2.12. The second kappa shape index (κ2) is 6.50. The topological polar surface area (TPSA) is 32.3 Å². The summed E-state index contributed by atoms with van der Waals surface area (Å²) in [5.41, 5.74) is 1.76. The predicted molar refractivity (Wildman–Crippen MR) is 73.0 cm³/mol. The van der Waals surface area contributed by atoms with Gasteiger partial charge in [-0.15, -0.1) is 11.6 Å². The maximum Gasteiger partial charge on any atom is 0.251 e. The van der Waals surface area contributed by atoms with E-state index in [4.69, 9.17) is 11.6 Å². The number of halogens is 1. The van der Waals surface area contributed by atoms with Crippen molar-refractivity contribution in [3.8, 4) is 0 Å². The maximum atomic E-state index is 11.8. The van der Waals surface area contributed by atoms with Gasteiger partial charge >= 0.3 is 0 Å². The Morgan fingerprint density at radius 1 is 1.35 bits per heavy atom. The van der Waals surface area contributed by atoms with Gasteiger partial charge in [-0.25, -0.2) is 0 Å². The van der Waals surface area contributed by atoms with Crippen LogP contribution in [-0.2, 0) is 0 Å². The summed E-state index contributed by atoms with van der Waals surface area (Å²) in [4.78, 5) is 13.8. The molecule has 0 aliphatic carbocycles. The maximum absolute atomic E-state index is 11.8. The van der Waals surface area contributed by atoms with Crippen molar-refractivity contribution < 1.29 is 4.79 Å². The number of amides is 1. The van der Waals surface area contributed by atoms with Crippen LogP contribution in [0.3, 0.4) is 0 Å². The fourth-order valence-electron chi connectivity index (χ4n) is 1.45. The molecule has 0 saturated carbocycles. The molecule has 0 heterocycles. The number of hydrogen-bond donors (Lipinski definition) is 1. The number of nitrogens with one attached hydrogen (secondary N) is 1. The first-order valence-corrected chi connectivity index (χ1v) is 6.22. The molecule has 1 aromatic carbocycles. The molecule has 94 valence electrons. The number of rotatable bonds is 5. The van der Waals surface area contributed by atoms with Crippen LogP contribution in [0.4, 0.5) is 5.69 Å². The van der Waals surface area contributed by atoms with Crippen LogP contribution in [-0.4, -0.2) is 31.9 Å². The van der Waals surface area contributed by atoms with E-state index in [-0.39, 0.29) is 11.9 Å². The molecule has 1 atom stereocenters. The Labute approximate surface area is 108 Å². The molecule has 17 heavy (non-hydrogen) atoms. The van der Waals surface area contributed by atoms with Crippen molar-refractivity contribution in [2.45, 2.75) is 19.4 Å². The van der Waals surface area contributed by atoms with Gasteiger partial charge in [-0.05, 0) is 37.6 Å². The largest absolute Gasteiger partial charge is 0.378 e. The average Bonchev–Trinajstić information content (AvgIpc) is 2.29. The Morgan fingerprint density at radius 2 is 1.94 bits per heavy atom. The van der Waals surface area contributed by atoms with Crippen LogP contribution >= 0.6 is 11.6 Å². The zero-order valence-corrected chi connectivity index (χ0v) is 11.3. The summed E-state index contributed by atoms with van der Waals surface area (Å²) in [7, 11) is 3.94. The number of carbonyl (C=O) groups excluding carboxylic acids is 1. The van der Waals surface area contributed by atoms with Crippen molar-refractivity contribution in [1.29, 1.82) is 0 Å². The van der Waals surface area contributed by atoms with E-state index in [9.17, 15) is 4.79 Å². The van der Waals surface area contributed by atoms with Gasteiger partial charge < -0.3 is 10.2 Å². The van der Waals surface area contributed by atoms with Crippen molar-refractivity contribution in [2.75, 3.05) is 24.9 Å². The summed E-state index contributed by atoms with van der Waals surface area (Å²) in [5.74, 6) is 0.508. The lowest BCUT2D eigenvalue weighted by Crippen LogP contribution is -2.32.